The molecule has 1 aliphatic rings. The quantitative estimate of drug-likeness (QED) is 0.804. The maximum absolute atomic E-state index is 14.3. The maximum atomic E-state index is 14.3. The van der Waals surface area contributed by atoms with E-state index in [0.717, 1.165) is 4.47 Å². The molecule has 3 rings (SSSR count). The monoisotopic (exact) mass is 347 g/mol. The SMILES string of the molecule is CNC(c1ccc(Br)cc1F)c1ccccc1C1CCC1. The lowest BCUT2D eigenvalue weighted by Gasteiger charge is -2.30. The Morgan fingerprint density at radius 3 is 2.52 bits per heavy atom. The van der Waals surface area contributed by atoms with E-state index in [1.807, 2.05) is 25.2 Å². The van der Waals surface area contributed by atoms with E-state index in [0.29, 0.717) is 11.5 Å². The van der Waals surface area contributed by atoms with Crippen LogP contribution in [0.4, 0.5) is 4.39 Å². The van der Waals surface area contributed by atoms with Crippen LogP contribution in [-0.4, -0.2) is 7.05 Å². The minimum Gasteiger partial charge on any atom is -0.309 e. The van der Waals surface area contributed by atoms with Crippen LogP contribution < -0.4 is 5.32 Å². The molecule has 1 fully saturated rings. The molecule has 0 amide bonds. The standard InChI is InChI=1S/C18H19BrFN/c1-21-18(16-10-9-13(19)11-17(16)20)15-8-3-2-7-14(15)12-5-4-6-12/h2-3,7-12,18,21H,4-6H2,1H3. The molecule has 110 valence electrons. The van der Waals surface area contributed by atoms with Gasteiger partial charge >= 0.3 is 0 Å². The van der Waals surface area contributed by atoms with Gasteiger partial charge in [-0.1, -0.05) is 52.7 Å². The first kappa shape index (κ1) is 14.7. The predicted octanol–water partition coefficient (Wildman–Crippen LogP) is 5.16. The molecule has 1 N–H and O–H groups in total. The summed E-state index contributed by atoms with van der Waals surface area (Å²) in [7, 11) is 1.89. The maximum Gasteiger partial charge on any atom is 0.129 e. The summed E-state index contributed by atoms with van der Waals surface area (Å²) < 4.78 is 15.1. The number of hydrogen-bond donors (Lipinski definition) is 1. The van der Waals surface area contributed by atoms with Crippen LogP contribution in [0.3, 0.4) is 0 Å². The van der Waals surface area contributed by atoms with Crippen molar-refractivity contribution in [2.75, 3.05) is 7.05 Å². The number of hydrogen-bond acceptors (Lipinski definition) is 1. The molecule has 0 aromatic heterocycles. The fourth-order valence-electron chi connectivity index (χ4n) is 3.08. The summed E-state index contributed by atoms with van der Waals surface area (Å²) in [6.45, 7) is 0. The summed E-state index contributed by atoms with van der Waals surface area (Å²) in [4.78, 5) is 0. The Kier molecular flexibility index (Phi) is 4.41. The second-order valence-electron chi connectivity index (χ2n) is 5.64. The molecular weight excluding hydrogens is 329 g/mol. The van der Waals surface area contributed by atoms with Crippen LogP contribution in [-0.2, 0) is 0 Å². The average Bonchev–Trinajstić information content (AvgIpc) is 2.41. The smallest absolute Gasteiger partial charge is 0.129 e. The van der Waals surface area contributed by atoms with E-state index < -0.39 is 0 Å². The highest BCUT2D eigenvalue weighted by atomic mass is 79.9. The minimum absolute atomic E-state index is 0.102. The lowest BCUT2D eigenvalue weighted by atomic mass is 9.76. The van der Waals surface area contributed by atoms with Crippen LogP contribution >= 0.6 is 15.9 Å². The summed E-state index contributed by atoms with van der Waals surface area (Å²) in [5.74, 6) is 0.461. The van der Waals surface area contributed by atoms with Gasteiger partial charge in [0.1, 0.15) is 5.82 Å². The Morgan fingerprint density at radius 2 is 1.90 bits per heavy atom. The van der Waals surface area contributed by atoms with E-state index in [1.165, 1.54) is 36.5 Å². The number of nitrogens with one attached hydrogen (secondary N) is 1. The van der Waals surface area contributed by atoms with Gasteiger partial charge in [0.2, 0.25) is 0 Å². The highest BCUT2D eigenvalue weighted by Crippen LogP contribution is 2.40. The van der Waals surface area contributed by atoms with E-state index in [9.17, 15) is 4.39 Å². The Labute approximate surface area is 133 Å². The van der Waals surface area contributed by atoms with E-state index in [-0.39, 0.29) is 11.9 Å². The lowest BCUT2D eigenvalue weighted by molar-refractivity contribution is 0.414. The third kappa shape index (κ3) is 2.90. The molecular formula is C18H19BrFN. The summed E-state index contributed by atoms with van der Waals surface area (Å²) >= 11 is 3.32. The summed E-state index contributed by atoms with van der Waals surface area (Å²) in [5.41, 5.74) is 3.27. The first-order chi connectivity index (χ1) is 10.2. The third-order valence-electron chi connectivity index (χ3n) is 4.41. The first-order valence-corrected chi connectivity index (χ1v) is 8.21. The molecule has 1 nitrogen and oxygen atoms in total. The summed E-state index contributed by atoms with van der Waals surface area (Å²) in [6.07, 6.45) is 3.79. The van der Waals surface area contributed by atoms with Crippen LogP contribution in [0.25, 0.3) is 0 Å². The van der Waals surface area contributed by atoms with Crippen molar-refractivity contribution in [3.8, 4) is 0 Å². The molecule has 1 unspecified atom stereocenters. The van der Waals surface area contributed by atoms with E-state index >= 15 is 0 Å². The Bertz CT molecular complexity index is 637. The molecule has 0 heterocycles. The van der Waals surface area contributed by atoms with E-state index in [4.69, 9.17) is 0 Å². The van der Waals surface area contributed by atoms with Gasteiger partial charge in [0.05, 0.1) is 6.04 Å². The fraction of sp³-hybridized carbons (Fsp3) is 0.333. The molecule has 1 saturated carbocycles. The van der Waals surface area contributed by atoms with Gasteiger partial charge in [-0.3, -0.25) is 0 Å². The van der Waals surface area contributed by atoms with Gasteiger partial charge in [-0.2, -0.15) is 0 Å². The molecule has 0 radical (unpaired) electrons. The van der Waals surface area contributed by atoms with E-state index in [2.05, 4.69) is 39.4 Å². The second kappa shape index (κ2) is 6.29. The van der Waals surface area contributed by atoms with Crippen molar-refractivity contribution in [1.29, 1.82) is 0 Å². The highest BCUT2D eigenvalue weighted by molar-refractivity contribution is 9.10. The normalized spacial score (nSPS) is 16.5. The van der Waals surface area contributed by atoms with Gasteiger partial charge < -0.3 is 5.32 Å². The molecule has 0 saturated heterocycles. The molecule has 0 spiro atoms. The number of rotatable bonds is 4. The fourth-order valence-corrected chi connectivity index (χ4v) is 3.41. The largest absolute Gasteiger partial charge is 0.309 e. The van der Waals surface area contributed by atoms with Crippen LogP contribution in [0.5, 0.6) is 0 Å². The van der Waals surface area contributed by atoms with Gasteiger partial charge in [-0.05, 0) is 49.1 Å². The number of benzene rings is 2. The zero-order valence-electron chi connectivity index (χ0n) is 12.1. The van der Waals surface area contributed by atoms with Crippen LogP contribution in [0.1, 0.15) is 47.9 Å². The topological polar surface area (TPSA) is 12.0 Å². The molecule has 0 aliphatic heterocycles. The van der Waals surface area contributed by atoms with Gasteiger partial charge in [0.25, 0.3) is 0 Å². The highest BCUT2D eigenvalue weighted by Gasteiger charge is 2.26. The van der Waals surface area contributed by atoms with Crippen molar-refractivity contribution in [3.05, 3.63) is 69.4 Å². The molecule has 2 aromatic rings. The lowest BCUT2D eigenvalue weighted by Crippen LogP contribution is -2.22. The van der Waals surface area contributed by atoms with Gasteiger partial charge in [0, 0.05) is 10.0 Å². The van der Waals surface area contributed by atoms with Crippen LogP contribution in [0, 0.1) is 5.82 Å². The van der Waals surface area contributed by atoms with Gasteiger partial charge in [-0.25, -0.2) is 4.39 Å². The summed E-state index contributed by atoms with van der Waals surface area (Å²) in [6, 6.07) is 13.6. The molecule has 0 bridgehead atoms. The zero-order valence-corrected chi connectivity index (χ0v) is 13.7. The molecule has 2 aromatic carbocycles. The van der Waals surface area contributed by atoms with Gasteiger partial charge in [0.15, 0.2) is 0 Å². The Balaban J connectivity index is 2.03. The second-order valence-corrected chi connectivity index (χ2v) is 6.56. The molecule has 3 heteroatoms. The molecule has 1 aliphatic carbocycles. The van der Waals surface area contributed by atoms with E-state index in [1.54, 1.807) is 0 Å². The average molecular weight is 348 g/mol. The molecule has 1 atom stereocenters. The van der Waals surface area contributed by atoms with Crippen molar-refractivity contribution in [2.24, 2.45) is 0 Å². The van der Waals surface area contributed by atoms with Crippen LogP contribution in [0.15, 0.2) is 46.9 Å². The first-order valence-electron chi connectivity index (χ1n) is 7.41. The predicted molar refractivity (Wildman–Crippen MR) is 88.0 cm³/mol. The third-order valence-corrected chi connectivity index (χ3v) is 4.91. The minimum atomic E-state index is -0.174. The van der Waals surface area contributed by atoms with Crippen molar-refractivity contribution in [2.45, 2.75) is 31.2 Å². The molecule has 21 heavy (non-hydrogen) atoms. The Morgan fingerprint density at radius 1 is 1.14 bits per heavy atom. The van der Waals surface area contributed by atoms with Crippen LogP contribution in [0.2, 0.25) is 0 Å². The number of halogens is 2. The van der Waals surface area contributed by atoms with Crippen molar-refractivity contribution in [3.63, 3.8) is 0 Å². The Hall–Kier alpha value is -1.19. The van der Waals surface area contributed by atoms with Crippen molar-refractivity contribution < 1.29 is 4.39 Å². The summed E-state index contributed by atoms with van der Waals surface area (Å²) in [5, 5.41) is 3.28. The van der Waals surface area contributed by atoms with Gasteiger partial charge in [-0.15, -0.1) is 0 Å². The van der Waals surface area contributed by atoms with Crippen molar-refractivity contribution >= 4 is 15.9 Å². The van der Waals surface area contributed by atoms with Crippen molar-refractivity contribution in [1.82, 2.24) is 5.32 Å². The zero-order chi connectivity index (χ0) is 14.8.